The number of halogens is 1. The summed E-state index contributed by atoms with van der Waals surface area (Å²) in [7, 11) is 0. The number of carbonyl (C=O) groups is 1. The van der Waals surface area contributed by atoms with Gasteiger partial charge < -0.3 is 10.2 Å². The Balaban J connectivity index is 2.18. The van der Waals surface area contributed by atoms with E-state index in [2.05, 4.69) is 25.9 Å². The molecule has 16 heavy (non-hydrogen) atoms. The summed E-state index contributed by atoms with van der Waals surface area (Å²) in [4.78, 5) is 19.0. The largest absolute Gasteiger partial charge is 0.479 e. The van der Waals surface area contributed by atoms with Crippen LogP contribution in [0.1, 0.15) is 30.3 Å². The van der Waals surface area contributed by atoms with E-state index in [4.69, 9.17) is 5.11 Å². The summed E-state index contributed by atoms with van der Waals surface area (Å²) < 4.78 is 0.636. The second-order valence-corrected chi connectivity index (χ2v) is 4.71. The molecule has 1 aliphatic carbocycles. The van der Waals surface area contributed by atoms with E-state index < -0.39 is 12.1 Å². The molecular weight excluding hydrogens is 276 g/mol. The van der Waals surface area contributed by atoms with Crippen LogP contribution in [0.2, 0.25) is 0 Å². The number of aliphatic hydroxyl groups is 1. The maximum Gasteiger partial charge on any atom is 0.332 e. The highest BCUT2D eigenvalue weighted by Crippen LogP contribution is 2.38. The van der Waals surface area contributed by atoms with Crippen molar-refractivity contribution in [2.24, 2.45) is 0 Å². The van der Waals surface area contributed by atoms with Crippen LogP contribution >= 0.6 is 15.9 Å². The molecule has 1 aromatic rings. The molecule has 0 amide bonds. The van der Waals surface area contributed by atoms with Crippen molar-refractivity contribution in [2.75, 3.05) is 0 Å². The summed E-state index contributed by atoms with van der Waals surface area (Å²) in [6.07, 6.45) is 2.37. The highest BCUT2D eigenvalue weighted by Gasteiger charge is 2.27. The third-order valence-electron chi connectivity index (χ3n) is 2.45. The number of rotatable bonds is 4. The molecule has 0 spiro atoms. The zero-order valence-electron chi connectivity index (χ0n) is 8.43. The highest BCUT2D eigenvalue weighted by atomic mass is 79.9. The van der Waals surface area contributed by atoms with E-state index in [0.717, 1.165) is 18.7 Å². The summed E-state index contributed by atoms with van der Waals surface area (Å²) in [6, 6.07) is 0. The second kappa shape index (κ2) is 4.47. The Kier molecular flexibility index (Phi) is 3.20. The molecule has 1 unspecified atom stereocenters. The van der Waals surface area contributed by atoms with Gasteiger partial charge in [0, 0.05) is 18.5 Å². The first-order valence-corrected chi connectivity index (χ1v) is 5.79. The van der Waals surface area contributed by atoms with E-state index in [9.17, 15) is 9.90 Å². The van der Waals surface area contributed by atoms with E-state index >= 15 is 0 Å². The van der Waals surface area contributed by atoms with Crippen LogP contribution in [-0.4, -0.2) is 32.3 Å². The van der Waals surface area contributed by atoms with Gasteiger partial charge in [0.1, 0.15) is 5.82 Å². The number of aliphatic carboxylic acids is 1. The van der Waals surface area contributed by atoms with Crippen molar-refractivity contribution in [1.29, 1.82) is 0 Å². The first-order chi connectivity index (χ1) is 7.58. The van der Waals surface area contributed by atoms with E-state index in [1.165, 1.54) is 0 Å². The number of carboxylic acids is 1. The lowest BCUT2D eigenvalue weighted by atomic mass is 10.2. The van der Waals surface area contributed by atoms with Crippen molar-refractivity contribution in [1.82, 2.24) is 9.97 Å². The Morgan fingerprint density at radius 3 is 2.88 bits per heavy atom. The van der Waals surface area contributed by atoms with Gasteiger partial charge in [-0.05, 0) is 28.8 Å². The molecule has 2 N–H and O–H groups in total. The second-order valence-electron chi connectivity index (χ2n) is 3.86. The van der Waals surface area contributed by atoms with Crippen LogP contribution in [0, 0.1) is 0 Å². The van der Waals surface area contributed by atoms with Gasteiger partial charge in [0.15, 0.2) is 6.10 Å². The zero-order chi connectivity index (χ0) is 11.7. The Morgan fingerprint density at radius 2 is 2.31 bits per heavy atom. The molecule has 86 valence electrons. The van der Waals surface area contributed by atoms with Gasteiger partial charge in [-0.25, -0.2) is 14.8 Å². The molecule has 0 saturated heterocycles. The predicted octanol–water partition coefficient (Wildman–Crippen LogP) is 1.10. The topological polar surface area (TPSA) is 83.3 Å². The molecule has 0 radical (unpaired) electrons. The lowest BCUT2D eigenvalue weighted by Crippen LogP contribution is -2.23. The molecule has 1 saturated carbocycles. The summed E-state index contributed by atoms with van der Waals surface area (Å²) in [5.41, 5.74) is 0.548. The van der Waals surface area contributed by atoms with Crippen LogP contribution in [-0.2, 0) is 11.2 Å². The molecule has 5 nitrogen and oxygen atoms in total. The van der Waals surface area contributed by atoms with Crippen molar-refractivity contribution in [2.45, 2.75) is 31.3 Å². The van der Waals surface area contributed by atoms with Gasteiger partial charge in [-0.15, -0.1) is 0 Å². The predicted molar refractivity (Wildman–Crippen MR) is 59.1 cm³/mol. The molecule has 1 aromatic heterocycles. The maximum atomic E-state index is 10.5. The van der Waals surface area contributed by atoms with Crippen molar-refractivity contribution in [3.05, 3.63) is 22.2 Å². The molecule has 2 rings (SSSR count). The maximum absolute atomic E-state index is 10.5. The number of aromatic nitrogens is 2. The fraction of sp³-hybridized carbons (Fsp3) is 0.500. The van der Waals surface area contributed by atoms with Gasteiger partial charge in [0.2, 0.25) is 0 Å². The summed E-state index contributed by atoms with van der Waals surface area (Å²) in [6.45, 7) is 0. The van der Waals surface area contributed by atoms with Gasteiger partial charge in [-0.3, -0.25) is 0 Å². The number of aliphatic hydroxyl groups excluding tert-OH is 1. The Morgan fingerprint density at radius 1 is 1.62 bits per heavy atom. The van der Waals surface area contributed by atoms with Crippen molar-refractivity contribution < 1.29 is 15.0 Å². The van der Waals surface area contributed by atoms with E-state index in [1.54, 1.807) is 6.20 Å². The number of hydrogen-bond donors (Lipinski definition) is 2. The minimum Gasteiger partial charge on any atom is -0.479 e. The number of hydrogen-bond acceptors (Lipinski definition) is 4. The van der Waals surface area contributed by atoms with Crippen LogP contribution < -0.4 is 0 Å². The summed E-state index contributed by atoms with van der Waals surface area (Å²) in [5.74, 6) is -0.0805. The summed E-state index contributed by atoms with van der Waals surface area (Å²) >= 11 is 3.25. The molecule has 1 heterocycles. The third-order valence-corrected chi connectivity index (χ3v) is 3.11. The van der Waals surface area contributed by atoms with Gasteiger partial charge >= 0.3 is 5.97 Å². The standard InChI is InChI=1S/C10H11BrN2O3/c11-6-4-12-9(5-1-2-5)13-7(6)3-8(14)10(15)16/h4-5,8,14H,1-3H2,(H,15,16). The zero-order valence-corrected chi connectivity index (χ0v) is 10.0. The van der Waals surface area contributed by atoms with Crippen LogP contribution in [0.25, 0.3) is 0 Å². The molecule has 0 aromatic carbocycles. The van der Waals surface area contributed by atoms with Crippen LogP contribution in [0.4, 0.5) is 0 Å². The van der Waals surface area contributed by atoms with Crippen molar-refractivity contribution in [3.63, 3.8) is 0 Å². The average molecular weight is 287 g/mol. The van der Waals surface area contributed by atoms with Gasteiger partial charge in [-0.1, -0.05) is 0 Å². The third kappa shape index (κ3) is 2.56. The Hall–Kier alpha value is -1.01. The van der Waals surface area contributed by atoms with E-state index in [0.29, 0.717) is 16.1 Å². The molecule has 1 atom stereocenters. The molecule has 0 bridgehead atoms. The minimum atomic E-state index is -1.42. The van der Waals surface area contributed by atoms with Crippen LogP contribution in [0.15, 0.2) is 10.7 Å². The van der Waals surface area contributed by atoms with Crippen molar-refractivity contribution in [3.8, 4) is 0 Å². The fourth-order valence-electron chi connectivity index (χ4n) is 1.37. The van der Waals surface area contributed by atoms with Gasteiger partial charge in [0.25, 0.3) is 0 Å². The van der Waals surface area contributed by atoms with E-state index in [1.807, 2.05) is 0 Å². The van der Waals surface area contributed by atoms with Gasteiger partial charge in [0.05, 0.1) is 10.2 Å². The Bertz CT molecular complexity index is 421. The molecule has 0 aliphatic heterocycles. The molecule has 1 fully saturated rings. The lowest BCUT2D eigenvalue weighted by molar-refractivity contribution is -0.146. The van der Waals surface area contributed by atoms with Crippen molar-refractivity contribution >= 4 is 21.9 Å². The van der Waals surface area contributed by atoms with Crippen LogP contribution in [0.3, 0.4) is 0 Å². The molecule has 1 aliphatic rings. The lowest BCUT2D eigenvalue weighted by Gasteiger charge is -2.07. The smallest absolute Gasteiger partial charge is 0.332 e. The van der Waals surface area contributed by atoms with Crippen LogP contribution in [0.5, 0.6) is 0 Å². The number of nitrogens with zero attached hydrogens (tertiary/aromatic N) is 2. The van der Waals surface area contributed by atoms with E-state index in [-0.39, 0.29) is 6.42 Å². The quantitative estimate of drug-likeness (QED) is 0.866. The first-order valence-electron chi connectivity index (χ1n) is 5.00. The SMILES string of the molecule is O=C(O)C(O)Cc1nc(C2CC2)ncc1Br. The van der Waals surface area contributed by atoms with Gasteiger partial charge in [-0.2, -0.15) is 0 Å². The highest BCUT2D eigenvalue weighted by molar-refractivity contribution is 9.10. The Labute approximate surface area is 101 Å². The first kappa shape index (κ1) is 11.5. The minimum absolute atomic E-state index is 0.00183. The monoisotopic (exact) mass is 286 g/mol. The summed E-state index contributed by atoms with van der Waals surface area (Å²) in [5, 5.41) is 17.9. The molecule has 6 heteroatoms. The number of carboxylic acid groups (broad SMARTS) is 1. The normalized spacial score (nSPS) is 17.1. The average Bonchev–Trinajstić information content (AvgIpc) is 3.04. The fourth-order valence-corrected chi connectivity index (χ4v) is 1.72. The molecular formula is C10H11BrN2O3.